The van der Waals surface area contributed by atoms with E-state index < -0.39 is 64.2 Å². The number of hydrogen-bond acceptors (Lipinski definition) is 7. The van der Waals surface area contributed by atoms with Gasteiger partial charge in [0.25, 0.3) is 5.91 Å². The van der Waals surface area contributed by atoms with Crippen molar-refractivity contribution in [2.45, 2.75) is 72.5 Å². The molecule has 11 nitrogen and oxygen atoms in total. The first-order valence-electron chi connectivity index (χ1n) is 16.9. The molecule has 0 aliphatic carbocycles. The largest absolute Gasteiger partial charge is 0.356 e. The highest BCUT2D eigenvalue weighted by molar-refractivity contribution is 7.20. The van der Waals surface area contributed by atoms with Crippen LogP contribution >= 0.6 is 11.3 Å². The highest BCUT2D eigenvalue weighted by Gasteiger charge is 2.54. The van der Waals surface area contributed by atoms with Crippen LogP contribution in [0.2, 0.25) is 0 Å². The first-order valence-corrected chi connectivity index (χ1v) is 17.7. The van der Waals surface area contributed by atoms with E-state index in [4.69, 9.17) is 0 Å². The van der Waals surface area contributed by atoms with E-state index in [9.17, 15) is 28.4 Å². The molecule has 4 heterocycles. The van der Waals surface area contributed by atoms with E-state index in [0.29, 0.717) is 24.0 Å². The number of hydrogen-bond donors (Lipinski definition) is 4. The Morgan fingerprint density at radius 1 is 1.10 bits per heavy atom. The van der Waals surface area contributed by atoms with E-state index in [1.807, 2.05) is 65.8 Å². The molecule has 5 atom stereocenters. The molecule has 50 heavy (non-hydrogen) atoms. The molecule has 6 rings (SSSR count). The van der Waals surface area contributed by atoms with Gasteiger partial charge in [0, 0.05) is 29.9 Å². The number of Topliss-reactive ketones (excluding diaryl/α,β-unsaturated/α-hetero) is 1. The maximum atomic E-state index is 14.5. The van der Waals surface area contributed by atoms with Gasteiger partial charge >= 0.3 is 0 Å². The van der Waals surface area contributed by atoms with Crippen molar-refractivity contribution < 1.29 is 28.4 Å². The smallest absolute Gasteiger partial charge is 0.268 e. The molecule has 264 valence electrons. The molecular weight excluding hydrogens is 660 g/mol. The molecule has 4 amide bonds. The Morgan fingerprint density at radius 2 is 1.84 bits per heavy atom. The first-order chi connectivity index (χ1) is 23.6. The van der Waals surface area contributed by atoms with Crippen molar-refractivity contribution in [1.82, 2.24) is 30.8 Å². The lowest BCUT2D eigenvalue weighted by atomic mass is 9.77. The number of H-pyrrole nitrogens is 1. The maximum absolute atomic E-state index is 14.5. The van der Waals surface area contributed by atoms with Gasteiger partial charge in [-0.1, -0.05) is 59.7 Å². The fourth-order valence-electron chi connectivity index (χ4n) is 7.03. The van der Waals surface area contributed by atoms with Crippen molar-refractivity contribution in [3.63, 3.8) is 0 Å². The number of halogens is 1. The number of ketones is 1. The number of benzene rings is 2. The number of nitrogens with zero attached hydrogens (tertiary/aromatic N) is 2. The van der Waals surface area contributed by atoms with Crippen LogP contribution in [-0.4, -0.2) is 75.5 Å². The second-order valence-corrected chi connectivity index (χ2v) is 16.2. The molecule has 0 bridgehead atoms. The normalized spacial score (nSPS) is 21.6. The fourth-order valence-corrected chi connectivity index (χ4v) is 7.99. The highest BCUT2D eigenvalue weighted by Crippen LogP contribution is 2.42. The van der Waals surface area contributed by atoms with E-state index in [-0.39, 0.29) is 40.9 Å². The minimum absolute atomic E-state index is 0.0920. The summed E-state index contributed by atoms with van der Waals surface area (Å²) in [5.41, 5.74) is -0.272. The first kappa shape index (κ1) is 35.2. The van der Waals surface area contributed by atoms with Crippen molar-refractivity contribution >= 4 is 61.9 Å². The van der Waals surface area contributed by atoms with Crippen LogP contribution in [0.15, 0.2) is 48.5 Å². The Balaban J connectivity index is 1.28. The number of carbonyl (C=O) groups excluding carboxylic acids is 5. The Hall–Kier alpha value is -4.65. The van der Waals surface area contributed by atoms with Crippen LogP contribution in [-0.2, 0) is 14.4 Å². The van der Waals surface area contributed by atoms with Crippen LogP contribution in [0.3, 0.4) is 0 Å². The van der Waals surface area contributed by atoms with Gasteiger partial charge in [0.05, 0.1) is 16.3 Å². The van der Waals surface area contributed by atoms with Crippen molar-refractivity contribution in [3.05, 3.63) is 65.0 Å². The zero-order chi connectivity index (χ0) is 36.1. The summed E-state index contributed by atoms with van der Waals surface area (Å²) in [6.07, 6.45) is 0.625. The SMILES string of the molecule is C[C@@H]1CN(C(=O)[C@@H](NC(=O)c2cc3c(F)cccc3[nH]2)C(C)(C)C)[C@H](C(=O)N[C@@H](C[C@@H]2CCNC2=O)C(=O)c2nc3ccccc3s2)C1(C)C. The Labute approximate surface area is 293 Å². The lowest BCUT2D eigenvalue weighted by Gasteiger charge is -2.38. The molecule has 4 N–H and O–H groups in total. The van der Waals surface area contributed by atoms with E-state index in [1.165, 1.54) is 28.4 Å². The summed E-state index contributed by atoms with van der Waals surface area (Å²) in [5, 5.41) is 9.10. The van der Waals surface area contributed by atoms with Gasteiger partial charge in [-0.25, -0.2) is 9.37 Å². The van der Waals surface area contributed by atoms with Gasteiger partial charge in [-0.3, -0.25) is 24.0 Å². The standard InChI is InChI=1S/C37H43FN6O5S/c1-19-18-44(35(49)29(36(2,3)4)43-32(47)26-17-21-22(38)10-9-12-23(21)40-26)30(37(19,5)6)33(48)41-25(16-20-14-15-39-31(20)46)28(45)34-42-24-11-7-8-13-27(24)50-34/h7-13,17,19-20,25,29-30,40H,14-16,18H2,1-6H3,(H,39,46)(H,41,48)(H,43,47)/t19-,20+,25+,29-,30-/m1/s1. The van der Waals surface area contributed by atoms with Gasteiger partial charge in [0.2, 0.25) is 23.5 Å². The van der Waals surface area contributed by atoms with Gasteiger partial charge in [-0.05, 0) is 59.9 Å². The summed E-state index contributed by atoms with van der Waals surface area (Å²) in [7, 11) is 0. The molecule has 0 radical (unpaired) electrons. The predicted octanol–water partition coefficient (Wildman–Crippen LogP) is 4.83. The zero-order valence-electron chi connectivity index (χ0n) is 29.1. The van der Waals surface area contributed by atoms with E-state index in [0.717, 1.165) is 4.70 Å². The number of thiazole rings is 1. The second-order valence-electron chi connectivity index (χ2n) is 15.2. The second kappa shape index (κ2) is 13.2. The molecule has 0 saturated carbocycles. The van der Waals surface area contributed by atoms with Gasteiger partial charge in [-0.15, -0.1) is 11.3 Å². The van der Waals surface area contributed by atoms with Crippen molar-refractivity contribution in [2.24, 2.45) is 22.7 Å². The molecule has 2 saturated heterocycles. The number of aromatic nitrogens is 2. The van der Waals surface area contributed by atoms with E-state index in [2.05, 4.69) is 25.9 Å². The molecule has 0 unspecified atom stereocenters. The Morgan fingerprint density at radius 3 is 2.50 bits per heavy atom. The highest BCUT2D eigenvalue weighted by atomic mass is 32.1. The number of amides is 4. The lowest BCUT2D eigenvalue weighted by molar-refractivity contribution is -0.144. The summed E-state index contributed by atoms with van der Waals surface area (Å²) in [6, 6.07) is 10.2. The quantitative estimate of drug-likeness (QED) is 0.184. The summed E-state index contributed by atoms with van der Waals surface area (Å²) in [4.78, 5) is 78.1. The van der Waals surface area contributed by atoms with Gasteiger partial charge in [-0.2, -0.15) is 0 Å². The molecular formula is C37H43FN6O5S. The molecule has 4 aromatic rings. The fraction of sp³-hybridized carbons (Fsp3) is 0.459. The number of nitrogens with one attached hydrogen (secondary N) is 4. The topological polar surface area (TPSA) is 153 Å². The van der Waals surface area contributed by atoms with Crippen LogP contribution in [0.4, 0.5) is 4.39 Å². The van der Waals surface area contributed by atoms with Crippen LogP contribution < -0.4 is 16.0 Å². The van der Waals surface area contributed by atoms with Gasteiger partial charge in [0.15, 0.2) is 5.01 Å². The summed E-state index contributed by atoms with van der Waals surface area (Å²) >= 11 is 1.23. The Kier molecular flexibility index (Phi) is 9.31. The van der Waals surface area contributed by atoms with Crippen LogP contribution in [0.1, 0.15) is 74.7 Å². The molecule has 2 aliphatic heterocycles. The lowest BCUT2D eigenvalue weighted by Crippen LogP contribution is -2.60. The van der Waals surface area contributed by atoms with Crippen LogP contribution in [0, 0.1) is 28.5 Å². The van der Waals surface area contributed by atoms with Crippen molar-refractivity contribution in [2.75, 3.05) is 13.1 Å². The average Bonchev–Trinajstić information content (AvgIpc) is 3.83. The number of rotatable bonds is 9. The minimum Gasteiger partial charge on any atom is -0.356 e. The van der Waals surface area contributed by atoms with Crippen molar-refractivity contribution in [1.29, 1.82) is 0 Å². The van der Waals surface area contributed by atoms with E-state index in [1.54, 1.807) is 12.1 Å². The molecule has 0 spiro atoms. The molecule has 2 aromatic carbocycles. The van der Waals surface area contributed by atoms with Crippen LogP contribution in [0.5, 0.6) is 0 Å². The third-order valence-corrected chi connectivity index (χ3v) is 11.4. The zero-order valence-corrected chi connectivity index (χ0v) is 29.9. The van der Waals surface area contributed by atoms with Crippen LogP contribution in [0.25, 0.3) is 21.1 Å². The number of para-hydroxylation sites is 1. The minimum atomic E-state index is -1.05. The molecule has 2 aliphatic rings. The number of aromatic amines is 1. The predicted molar refractivity (Wildman–Crippen MR) is 189 cm³/mol. The summed E-state index contributed by atoms with van der Waals surface area (Å²) < 4.78 is 15.2. The monoisotopic (exact) mass is 702 g/mol. The molecule has 13 heteroatoms. The number of likely N-dealkylation sites (tertiary alicyclic amines) is 1. The molecule has 2 fully saturated rings. The number of fused-ring (bicyclic) bond motifs is 2. The third-order valence-electron chi connectivity index (χ3n) is 10.4. The van der Waals surface area contributed by atoms with Gasteiger partial charge in [0.1, 0.15) is 23.6 Å². The number of carbonyl (C=O) groups is 5. The maximum Gasteiger partial charge on any atom is 0.268 e. The average molecular weight is 703 g/mol. The summed E-state index contributed by atoms with van der Waals surface area (Å²) in [6.45, 7) is 12.0. The molecule has 2 aromatic heterocycles. The Bertz CT molecular complexity index is 1960. The third kappa shape index (κ3) is 6.62. The summed E-state index contributed by atoms with van der Waals surface area (Å²) in [5.74, 6) is -3.18. The van der Waals surface area contributed by atoms with Gasteiger partial charge < -0.3 is 25.8 Å². The van der Waals surface area contributed by atoms with E-state index >= 15 is 0 Å². The van der Waals surface area contributed by atoms with Crippen molar-refractivity contribution in [3.8, 4) is 0 Å².